The summed E-state index contributed by atoms with van der Waals surface area (Å²) in [5.41, 5.74) is 6.23. The van der Waals surface area contributed by atoms with Crippen molar-refractivity contribution in [1.29, 1.82) is 5.53 Å². The van der Waals surface area contributed by atoms with Gasteiger partial charge >= 0.3 is 0 Å². The van der Waals surface area contributed by atoms with E-state index in [0.717, 1.165) is 12.6 Å². The lowest BCUT2D eigenvalue weighted by atomic mass is 10.2. The van der Waals surface area contributed by atoms with Crippen LogP contribution in [0, 0.1) is 5.53 Å². The average molecular weight is 238 g/mol. The molecule has 17 heavy (non-hydrogen) atoms. The maximum absolute atomic E-state index is 11.8. The summed E-state index contributed by atoms with van der Waals surface area (Å²) >= 11 is 0. The Morgan fingerprint density at radius 2 is 2.12 bits per heavy atom. The maximum Gasteiger partial charge on any atom is 0.249 e. The van der Waals surface area contributed by atoms with Crippen molar-refractivity contribution in [2.45, 2.75) is 38.6 Å². The molecule has 3 N–H and O–H groups in total. The van der Waals surface area contributed by atoms with Crippen LogP contribution in [-0.4, -0.2) is 23.9 Å². The average Bonchev–Trinajstić information content (AvgIpc) is 3.07. The van der Waals surface area contributed by atoms with Crippen LogP contribution in [0.4, 0.5) is 0 Å². The highest BCUT2D eigenvalue weighted by atomic mass is 16.2. The van der Waals surface area contributed by atoms with Crippen molar-refractivity contribution in [2.24, 2.45) is 5.11 Å². The van der Waals surface area contributed by atoms with Crippen LogP contribution in [0.15, 0.2) is 16.9 Å². The summed E-state index contributed by atoms with van der Waals surface area (Å²) in [7, 11) is 0. The molecule has 1 aliphatic carbocycles. The van der Waals surface area contributed by atoms with Crippen molar-refractivity contribution in [2.75, 3.05) is 6.54 Å². The van der Waals surface area contributed by atoms with Gasteiger partial charge in [0.05, 0.1) is 6.20 Å². The van der Waals surface area contributed by atoms with Gasteiger partial charge in [0, 0.05) is 12.1 Å². The minimum Gasteiger partial charge on any atom is -0.354 e. The standard InChI is InChI=1S/C11H18N4O2/c1-3-6-13-10(17)11(4-5-11)15-9(16)8(2)7-14-12/h7,12H,3-6H2,1-2H3,(H,13,17)(H,15,16). The Balaban J connectivity index is 2.56. The van der Waals surface area contributed by atoms with Crippen molar-refractivity contribution in [3.05, 3.63) is 11.8 Å². The van der Waals surface area contributed by atoms with Crippen molar-refractivity contribution < 1.29 is 9.59 Å². The summed E-state index contributed by atoms with van der Waals surface area (Å²) in [6, 6.07) is 0. The van der Waals surface area contributed by atoms with E-state index in [2.05, 4.69) is 15.7 Å². The number of nitrogens with zero attached hydrogens (tertiary/aromatic N) is 1. The van der Waals surface area contributed by atoms with Gasteiger partial charge in [0.2, 0.25) is 11.8 Å². The first-order valence-corrected chi connectivity index (χ1v) is 5.70. The van der Waals surface area contributed by atoms with Gasteiger partial charge in [-0.1, -0.05) is 6.92 Å². The van der Waals surface area contributed by atoms with Crippen LogP contribution in [0.3, 0.4) is 0 Å². The number of amides is 2. The molecule has 1 rings (SSSR count). The summed E-state index contributed by atoms with van der Waals surface area (Å²) in [5.74, 6) is -0.464. The lowest BCUT2D eigenvalue weighted by molar-refractivity contribution is -0.128. The van der Waals surface area contributed by atoms with Gasteiger partial charge in [-0.3, -0.25) is 9.59 Å². The lowest BCUT2D eigenvalue weighted by Gasteiger charge is -2.16. The molecule has 0 bridgehead atoms. The minimum atomic E-state index is -0.733. The van der Waals surface area contributed by atoms with E-state index in [-0.39, 0.29) is 11.8 Å². The molecule has 0 aromatic carbocycles. The van der Waals surface area contributed by atoms with E-state index in [1.807, 2.05) is 6.92 Å². The molecule has 2 amide bonds. The summed E-state index contributed by atoms with van der Waals surface area (Å²) in [5, 5.41) is 8.50. The highest BCUT2D eigenvalue weighted by Crippen LogP contribution is 2.35. The second-order valence-electron chi connectivity index (χ2n) is 4.23. The van der Waals surface area contributed by atoms with Crippen LogP contribution in [0.25, 0.3) is 0 Å². The molecule has 0 spiro atoms. The SMILES string of the molecule is CCCNC(=O)C1(NC(=O)C(C)=CN=N)CC1. The molecule has 6 heteroatoms. The van der Waals surface area contributed by atoms with Gasteiger partial charge in [0.15, 0.2) is 0 Å². The van der Waals surface area contributed by atoms with Gasteiger partial charge in [-0.2, -0.15) is 5.11 Å². The fourth-order valence-electron chi connectivity index (χ4n) is 1.41. The molecule has 1 fully saturated rings. The van der Waals surface area contributed by atoms with Crippen molar-refractivity contribution in [1.82, 2.24) is 10.6 Å². The Morgan fingerprint density at radius 1 is 1.47 bits per heavy atom. The molecule has 1 aliphatic rings. The molecular weight excluding hydrogens is 220 g/mol. The van der Waals surface area contributed by atoms with Crippen LogP contribution >= 0.6 is 0 Å². The molecule has 0 aromatic rings. The predicted octanol–water partition coefficient (Wildman–Crippen LogP) is 1.10. The number of hydrogen-bond acceptors (Lipinski definition) is 4. The zero-order valence-corrected chi connectivity index (χ0v) is 10.2. The predicted molar refractivity (Wildman–Crippen MR) is 62.3 cm³/mol. The smallest absolute Gasteiger partial charge is 0.249 e. The third-order valence-electron chi connectivity index (χ3n) is 2.69. The van der Waals surface area contributed by atoms with Gasteiger partial charge < -0.3 is 10.6 Å². The Labute approximate surface area is 100 Å². The largest absolute Gasteiger partial charge is 0.354 e. The lowest BCUT2D eigenvalue weighted by Crippen LogP contribution is -2.49. The van der Waals surface area contributed by atoms with Gasteiger partial charge in [-0.15, -0.1) is 0 Å². The van der Waals surface area contributed by atoms with E-state index in [4.69, 9.17) is 5.53 Å². The normalized spacial score (nSPS) is 17.2. The second-order valence-corrected chi connectivity index (χ2v) is 4.23. The minimum absolute atomic E-state index is 0.122. The molecule has 0 heterocycles. The van der Waals surface area contributed by atoms with Crippen molar-refractivity contribution >= 4 is 11.8 Å². The first-order valence-electron chi connectivity index (χ1n) is 5.70. The number of carbonyl (C=O) groups excluding carboxylic acids is 2. The van der Waals surface area contributed by atoms with Gasteiger partial charge in [0.25, 0.3) is 0 Å². The monoisotopic (exact) mass is 238 g/mol. The number of carbonyl (C=O) groups is 2. The highest BCUT2D eigenvalue weighted by Gasteiger charge is 2.51. The molecule has 0 radical (unpaired) electrons. The fraction of sp³-hybridized carbons (Fsp3) is 0.636. The third kappa shape index (κ3) is 3.37. The van der Waals surface area contributed by atoms with E-state index < -0.39 is 5.54 Å². The summed E-state index contributed by atoms with van der Waals surface area (Å²) in [6.45, 7) is 4.15. The summed E-state index contributed by atoms with van der Waals surface area (Å²) in [6.07, 6.45) is 3.36. The Morgan fingerprint density at radius 3 is 2.59 bits per heavy atom. The molecule has 1 saturated carbocycles. The van der Waals surface area contributed by atoms with Gasteiger partial charge in [-0.05, 0) is 26.2 Å². The molecule has 6 nitrogen and oxygen atoms in total. The van der Waals surface area contributed by atoms with E-state index in [0.29, 0.717) is 25.0 Å². The molecule has 0 aromatic heterocycles. The highest BCUT2D eigenvalue weighted by molar-refractivity contribution is 5.99. The van der Waals surface area contributed by atoms with Crippen molar-refractivity contribution in [3.63, 3.8) is 0 Å². The zero-order valence-electron chi connectivity index (χ0n) is 10.2. The first-order chi connectivity index (χ1) is 8.05. The van der Waals surface area contributed by atoms with Gasteiger partial charge in [0.1, 0.15) is 5.54 Å². The Bertz CT molecular complexity index is 358. The fourth-order valence-corrected chi connectivity index (χ4v) is 1.41. The number of rotatable bonds is 6. The molecule has 94 valence electrons. The first kappa shape index (κ1) is 13.3. The Hall–Kier alpha value is -1.72. The zero-order chi connectivity index (χ0) is 12.9. The number of nitrogens with one attached hydrogen (secondary N) is 3. The molecular formula is C11H18N4O2. The topological polar surface area (TPSA) is 94.4 Å². The van der Waals surface area contributed by atoms with Crippen molar-refractivity contribution in [3.8, 4) is 0 Å². The van der Waals surface area contributed by atoms with Crippen LogP contribution in [0.5, 0.6) is 0 Å². The quantitative estimate of drug-likeness (QED) is 0.477. The summed E-state index contributed by atoms with van der Waals surface area (Å²) in [4.78, 5) is 23.5. The van der Waals surface area contributed by atoms with E-state index in [9.17, 15) is 9.59 Å². The maximum atomic E-state index is 11.8. The summed E-state index contributed by atoms with van der Waals surface area (Å²) < 4.78 is 0. The third-order valence-corrected chi connectivity index (χ3v) is 2.69. The molecule has 0 atom stereocenters. The molecule has 0 unspecified atom stereocenters. The Kier molecular flexibility index (Phi) is 4.37. The van der Waals surface area contributed by atoms with E-state index in [1.165, 1.54) is 0 Å². The second kappa shape index (κ2) is 5.56. The van der Waals surface area contributed by atoms with E-state index >= 15 is 0 Å². The van der Waals surface area contributed by atoms with Gasteiger partial charge in [-0.25, -0.2) is 5.53 Å². The van der Waals surface area contributed by atoms with Crippen LogP contribution in [0.1, 0.15) is 33.1 Å². The number of hydrogen-bond donors (Lipinski definition) is 3. The van der Waals surface area contributed by atoms with E-state index in [1.54, 1.807) is 6.92 Å². The molecule has 0 aliphatic heterocycles. The molecule has 0 saturated heterocycles. The van der Waals surface area contributed by atoms with Crippen LogP contribution in [-0.2, 0) is 9.59 Å². The van der Waals surface area contributed by atoms with Crippen LogP contribution in [0.2, 0.25) is 0 Å². The van der Waals surface area contributed by atoms with Crippen LogP contribution < -0.4 is 10.6 Å².